The zero-order valence-electron chi connectivity index (χ0n) is 38.6. The van der Waals surface area contributed by atoms with E-state index in [0.29, 0.717) is 49.6 Å². The maximum atomic E-state index is 15.7. The standard InChI is InChI=1S/C49H48ClF4N9O7/c1-47(2,3)26-49(35-15-11-31(12-16-35)34-21-56-62(23-34)43(51)52)42(64)63(44(58-49)57-45(65)69-24-30-9-7-6-8-10-30)39(25-70-46(66)60-27-48(53,54)28-60)32-14-18-38(50)37(19-32)41-55-29-61(59-41)22-33-13-17-36(67-4)20-40(33)68-5/h6-21,23,29,39,43H,22,24-28H2,1-5H3,(H,57,58,65)/t39-,49-/m1/s1. The minimum absolute atomic E-state index is 0.0593. The average Bonchev–Trinajstić information content (AvgIpc) is 4.07. The molecular weight excluding hydrogens is 938 g/mol. The van der Waals surface area contributed by atoms with Gasteiger partial charge in [0, 0.05) is 29.0 Å². The molecule has 70 heavy (non-hydrogen) atoms. The predicted octanol–water partition coefficient (Wildman–Crippen LogP) is 9.51. The lowest BCUT2D eigenvalue weighted by Gasteiger charge is -2.38. The topological polar surface area (TPSA) is 168 Å². The number of hydrogen-bond acceptors (Lipinski definition) is 11. The first-order valence-electron chi connectivity index (χ1n) is 21.9. The molecule has 2 aliphatic rings. The molecule has 0 aliphatic carbocycles. The van der Waals surface area contributed by atoms with Gasteiger partial charge in [-0.05, 0) is 58.4 Å². The number of likely N-dealkylation sites (tertiary alicyclic amines) is 1. The van der Waals surface area contributed by atoms with Gasteiger partial charge in [0.25, 0.3) is 11.8 Å². The number of nitrogens with one attached hydrogen (secondary N) is 1. The van der Waals surface area contributed by atoms with E-state index in [0.717, 1.165) is 10.5 Å². The van der Waals surface area contributed by atoms with Crippen molar-refractivity contribution in [1.29, 1.82) is 0 Å². The third-order valence-electron chi connectivity index (χ3n) is 11.6. The van der Waals surface area contributed by atoms with Crippen molar-refractivity contribution in [3.8, 4) is 34.0 Å². The molecule has 2 atom stereocenters. The van der Waals surface area contributed by atoms with E-state index in [1.807, 2.05) is 32.9 Å². The van der Waals surface area contributed by atoms with Gasteiger partial charge in [0.1, 0.15) is 31.0 Å². The summed E-state index contributed by atoms with van der Waals surface area (Å²) in [6.07, 6.45) is 2.01. The third-order valence-corrected chi connectivity index (χ3v) is 11.9. The summed E-state index contributed by atoms with van der Waals surface area (Å²) in [6.45, 7) is 0.603. The Morgan fingerprint density at radius 2 is 1.66 bits per heavy atom. The summed E-state index contributed by atoms with van der Waals surface area (Å²) in [7, 11) is 3.08. The van der Waals surface area contributed by atoms with E-state index in [4.69, 9.17) is 35.5 Å². The Kier molecular flexibility index (Phi) is 13.9. The molecule has 4 aromatic carbocycles. The van der Waals surface area contributed by atoms with Gasteiger partial charge in [0.15, 0.2) is 11.4 Å². The number of benzene rings is 4. The molecule has 21 heteroatoms. The molecule has 2 aliphatic heterocycles. The zero-order chi connectivity index (χ0) is 50.0. The van der Waals surface area contributed by atoms with Gasteiger partial charge < -0.3 is 18.9 Å². The second kappa shape index (κ2) is 19.9. The number of rotatable bonds is 15. The molecule has 0 bridgehead atoms. The van der Waals surface area contributed by atoms with Crippen LogP contribution in [0.15, 0.2) is 115 Å². The molecule has 1 N–H and O–H groups in total. The Hall–Kier alpha value is -7.48. The first-order valence-corrected chi connectivity index (χ1v) is 22.3. The van der Waals surface area contributed by atoms with Crippen LogP contribution in [0.5, 0.6) is 11.5 Å². The van der Waals surface area contributed by atoms with Crippen LogP contribution in [0.3, 0.4) is 0 Å². The number of alkyl carbamates (subject to hydrolysis) is 1. The number of nitrogens with zero attached hydrogens (tertiary/aromatic N) is 8. The maximum Gasteiger partial charge on any atom is 0.414 e. The molecule has 16 nitrogen and oxygen atoms in total. The van der Waals surface area contributed by atoms with Crippen molar-refractivity contribution in [2.75, 3.05) is 33.9 Å². The van der Waals surface area contributed by atoms with Crippen LogP contribution >= 0.6 is 11.6 Å². The first kappa shape index (κ1) is 49.0. The van der Waals surface area contributed by atoms with Gasteiger partial charge in [-0.1, -0.05) is 93.0 Å². The smallest absolute Gasteiger partial charge is 0.414 e. The predicted molar refractivity (Wildman–Crippen MR) is 248 cm³/mol. The summed E-state index contributed by atoms with van der Waals surface area (Å²) in [5.74, 6) is -2.70. The molecule has 8 rings (SSSR count). The van der Waals surface area contributed by atoms with Crippen LogP contribution in [0.4, 0.5) is 27.2 Å². The Labute approximate surface area is 404 Å². The molecule has 4 heterocycles. The van der Waals surface area contributed by atoms with Crippen LogP contribution in [0, 0.1) is 5.41 Å². The molecule has 3 amide bonds. The van der Waals surface area contributed by atoms with Crippen molar-refractivity contribution in [1.82, 2.24) is 39.7 Å². The van der Waals surface area contributed by atoms with E-state index in [9.17, 15) is 27.2 Å². The van der Waals surface area contributed by atoms with Crippen LogP contribution in [-0.2, 0) is 33.0 Å². The SMILES string of the molecule is COc1ccc(Cn2cnc(-c3cc([C@@H](COC(=O)N4CC(F)(F)C4)N4C(=O)[C@@](CC(C)(C)C)(c5ccc(-c6cnn(C(F)F)c6)cc5)N=C4NC(=O)OCc4ccccc4)ccc3Cl)n2)c(OC)c1. The molecule has 1 saturated heterocycles. The van der Waals surface area contributed by atoms with E-state index < -0.39 is 67.3 Å². The fourth-order valence-corrected chi connectivity index (χ4v) is 8.49. The highest BCUT2D eigenvalue weighted by Gasteiger charge is 2.55. The van der Waals surface area contributed by atoms with Crippen molar-refractivity contribution in [3.05, 3.63) is 137 Å². The van der Waals surface area contributed by atoms with E-state index >= 15 is 4.79 Å². The van der Waals surface area contributed by atoms with Crippen molar-refractivity contribution in [3.63, 3.8) is 0 Å². The number of amides is 3. The van der Waals surface area contributed by atoms with Gasteiger partial charge in [0.2, 0.25) is 5.96 Å². The highest BCUT2D eigenvalue weighted by atomic mass is 35.5. The molecular formula is C49H48ClF4N9O7. The number of methoxy groups -OCH3 is 2. The number of carbonyl (C=O) groups excluding carboxylic acids is 3. The van der Waals surface area contributed by atoms with Crippen molar-refractivity contribution < 1.29 is 50.9 Å². The summed E-state index contributed by atoms with van der Waals surface area (Å²) in [4.78, 5) is 54.5. The number of guanidine groups is 1. The van der Waals surface area contributed by atoms with Crippen LogP contribution < -0.4 is 14.8 Å². The number of aliphatic imine (C=N–C) groups is 1. The van der Waals surface area contributed by atoms with E-state index in [-0.39, 0.29) is 36.4 Å². The number of carbonyl (C=O) groups is 3. The van der Waals surface area contributed by atoms with Gasteiger partial charge in [-0.15, -0.1) is 0 Å². The van der Waals surface area contributed by atoms with E-state index in [1.165, 1.54) is 30.7 Å². The molecule has 1 fully saturated rings. The monoisotopic (exact) mass is 985 g/mol. The van der Waals surface area contributed by atoms with Crippen LogP contribution in [0.1, 0.15) is 62.0 Å². The first-order chi connectivity index (χ1) is 33.3. The minimum atomic E-state index is -3.10. The Morgan fingerprint density at radius 3 is 2.31 bits per heavy atom. The van der Waals surface area contributed by atoms with Gasteiger partial charge >= 0.3 is 18.7 Å². The van der Waals surface area contributed by atoms with Crippen molar-refractivity contribution in [2.45, 2.75) is 64.4 Å². The lowest BCUT2D eigenvalue weighted by atomic mass is 9.75. The molecule has 366 valence electrons. The van der Waals surface area contributed by atoms with Crippen LogP contribution in [-0.4, -0.2) is 98.2 Å². The highest BCUT2D eigenvalue weighted by Crippen LogP contribution is 2.46. The lowest BCUT2D eigenvalue weighted by Crippen LogP contribution is -2.58. The van der Waals surface area contributed by atoms with Gasteiger partial charge in [0.05, 0.1) is 51.1 Å². The fourth-order valence-electron chi connectivity index (χ4n) is 8.29. The van der Waals surface area contributed by atoms with Gasteiger partial charge in [-0.25, -0.2) is 37.7 Å². The molecule has 0 saturated carbocycles. The summed E-state index contributed by atoms with van der Waals surface area (Å²) in [5.41, 5.74) is 0.943. The second-order valence-electron chi connectivity index (χ2n) is 17.9. The molecule has 0 unspecified atom stereocenters. The van der Waals surface area contributed by atoms with Crippen molar-refractivity contribution >= 4 is 35.7 Å². The summed E-state index contributed by atoms with van der Waals surface area (Å²) < 4.78 is 79.2. The Bertz CT molecular complexity index is 2900. The van der Waals surface area contributed by atoms with Crippen LogP contribution in [0.2, 0.25) is 5.02 Å². The zero-order valence-corrected chi connectivity index (χ0v) is 39.4. The number of halogens is 5. The molecule has 6 aromatic rings. The number of hydrogen-bond donors (Lipinski definition) is 1. The average molecular weight is 986 g/mol. The van der Waals surface area contributed by atoms with E-state index in [1.54, 1.807) is 90.7 Å². The number of alkyl halides is 4. The summed E-state index contributed by atoms with van der Waals surface area (Å²) in [6, 6.07) is 24.2. The van der Waals surface area contributed by atoms with Crippen LogP contribution in [0.25, 0.3) is 22.5 Å². The van der Waals surface area contributed by atoms with Crippen molar-refractivity contribution in [2.24, 2.45) is 10.4 Å². The normalized spacial score (nSPS) is 17.0. The molecule has 0 spiro atoms. The third kappa shape index (κ3) is 10.7. The largest absolute Gasteiger partial charge is 0.497 e. The van der Waals surface area contributed by atoms with E-state index in [2.05, 4.69) is 20.5 Å². The number of ether oxygens (including phenoxy) is 4. The number of aromatic nitrogens is 5. The summed E-state index contributed by atoms with van der Waals surface area (Å²) in [5, 5.41) is 11.3. The van der Waals surface area contributed by atoms with Gasteiger partial charge in [-0.3, -0.25) is 19.9 Å². The lowest BCUT2D eigenvalue weighted by molar-refractivity contribution is -0.135. The fraction of sp³-hybridized carbons (Fsp3) is 0.327. The summed E-state index contributed by atoms with van der Waals surface area (Å²) >= 11 is 6.84. The highest BCUT2D eigenvalue weighted by molar-refractivity contribution is 6.33. The second-order valence-corrected chi connectivity index (χ2v) is 18.4. The van der Waals surface area contributed by atoms with Gasteiger partial charge in [-0.2, -0.15) is 19.0 Å². The minimum Gasteiger partial charge on any atom is -0.497 e. The maximum absolute atomic E-state index is 15.7. The Balaban J connectivity index is 1.21. The quantitative estimate of drug-likeness (QED) is 0.0979. The molecule has 0 radical (unpaired) electrons. The Morgan fingerprint density at radius 1 is 0.914 bits per heavy atom. The molecule has 2 aromatic heterocycles.